The van der Waals surface area contributed by atoms with E-state index in [4.69, 9.17) is 11.6 Å². The van der Waals surface area contributed by atoms with Crippen LogP contribution in [0.2, 0.25) is 5.02 Å². The van der Waals surface area contributed by atoms with Gasteiger partial charge in [-0.25, -0.2) is 0 Å². The summed E-state index contributed by atoms with van der Waals surface area (Å²) >= 11 is 6.19. The van der Waals surface area contributed by atoms with E-state index in [0.29, 0.717) is 12.1 Å². The van der Waals surface area contributed by atoms with Crippen LogP contribution in [0.4, 0.5) is 5.69 Å². The highest BCUT2D eigenvalue weighted by Gasteiger charge is 2.30. The van der Waals surface area contributed by atoms with Crippen LogP contribution in [-0.2, 0) is 4.79 Å². The van der Waals surface area contributed by atoms with Crippen LogP contribution >= 0.6 is 11.6 Å². The Kier molecular flexibility index (Phi) is 4.89. The number of piperidine rings is 1. The first kappa shape index (κ1) is 15.6. The van der Waals surface area contributed by atoms with Crippen molar-refractivity contribution in [2.45, 2.75) is 50.7 Å². The monoisotopic (exact) mass is 321 g/mol. The zero-order chi connectivity index (χ0) is 15.5. The van der Waals surface area contributed by atoms with E-state index in [1.165, 1.54) is 0 Å². The second-order valence-electron chi connectivity index (χ2n) is 6.39. The van der Waals surface area contributed by atoms with Gasteiger partial charge in [0.25, 0.3) is 0 Å². The number of nitrogens with zero attached hydrogens (tertiary/aromatic N) is 1. The largest absolute Gasteiger partial charge is 0.381 e. The Labute approximate surface area is 137 Å². The van der Waals surface area contributed by atoms with Crippen LogP contribution in [0.5, 0.6) is 0 Å². The van der Waals surface area contributed by atoms with Crippen LogP contribution in [0.25, 0.3) is 0 Å². The number of likely N-dealkylation sites (tertiary alicyclic amines) is 1. The highest BCUT2D eigenvalue weighted by molar-refractivity contribution is 6.33. The number of carbonyl (C=O) groups excluding carboxylic acids is 1. The van der Waals surface area contributed by atoms with Crippen molar-refractivity contribution >= 4 is 23.2 Å². The van der Waals surface area contributed by atoms with Crippen LogP contribution in [0.3, 0.4) is 0 Å². The molecule has 120 valence electrons. The minimum atomic E-state index is -0.0261. The number of hydrogen-bond donors (Lipinski definition) is 2. The Balaban J connectivity index is 1.47. The van der Waals surface area contributed by atoms with Gasteiger partial charge in [-0.3, -0.25) is 9.69 Å². The van der Waals surface area contributed by atoms with E-state index >= 15 is 0 Å². The number of anilines is 1. The molecule has 2 N–H and O–H groups in total. The lowest BCUT2D eigenvalue weighted by Crippen LogP contribution is -2.50. The molecule has 1 aliphatic heterocycles. The molecule has 1 saturated carbocycles. The number of amides is 1. The minimum Gasteiger partial charge on any atom is -0.381 e. The quantitative estimate of drug-likeness (QED) is 0.876. The molecule has 0 spiro atoms. The molecule has 0 bridgehead atoms. The van der Waals surface area contributed by atoms with Gasteiger partial charge in [-0.15, -0.1) is 0 Å². The van der Waals surface area contributed by atoms with E-state index in [1.54, 1.807) is 0 Å². The smallest absolute Gasteiger partial charge is 0.237 e. The van der Waals surface area contributed by atoms with Crippen LogP contribution in [0.1, 0.15) is 32.6 Å². The van der Waals surface area contributed by atoms with Crippen molar-refractivity contribution in [1.82, 2.24) is 10.2 Å². The van der Waals surface area contributed by atoms with Gasteiger partial charge in [-0.05, 0) is 44.7 Å². The van der Waals surface area contributed by atoms with E-state index < -0.39 is 0 Å². The third-order valence-electron chi connectivity index (χ3n) is 4.61. The first-order valence-electron chi connectivity index (χ1n) is 8.19. The number of benzene rings is 1. The number of para-hydroxylation sites is 1. The molecule has 1 heterocycles. The molecule has 3 rings (SSSR count). The molecular weight excluding hydrogens is 298 g/mol. The summed E-state index contributed by atoms with van der Waals surface area (Å²) in [5, 5.41) is 7.38. The molecular formula is C17H24ClN3O. The predicted molar refractivity (Wildman–Crippen MR) is 90.3 cm³/mol. The molecule has 0 radical (unpaired) electrons. The molecule has 0 unspecified atom stereocenters. The zero-order valence-corrected chi connectivity index (χ0v) is 13.8. The normalized spacial score (nSPS) is 21.4. The van der Waals surface area contributed by atoms with Gasteiger partial charge >= 0.3 is 0 Å². The number of nitrogens with one attached hydrogen (secondary N) is 2. The van der Waals surface area contributed by atoms with E-state index in [0.717, 1.165) is 49.5 Å². The fourth-order valence-electron chi connectivity index (χ4n) is 2.94. The molecule has 1 amide bonds. The lowest BCUT2D eigenvalue weighted by atomic mass is 10.0. The van der Waals surface area contributed by atoms with Crippen molar-refractivity contribution in [3.05, 3.63) is 29.3 Å². The Morgan fingerprint density at radius 3 is 2.50 bits per heavy atom. The van der Waals surface area contributed by atoms with Crippen molar-refractivity contribution < 1.29 is 4.79 Å². The maximum atomic E-state index is 12.1. The average molecular weight is 322 g/mol. The Morgan fingerprint density at radius 2 is 1.86 bits per heavy atom. The summed E-state index contributed by atoms with van der Waals surface area (Å²) in [5.74, 6) is 0.181. The third-order valence-corrected chi connectivity index (χ3v) is 4.94. The second-order valence-corrected chi connectivity index (χ2v) is 6.80. The molecule has 2 fully saturated rings. The van der Waals surface area contributed by atoms with Gasteiger partial charge < -0.3 is 10.6 Å². The van der Waals surface area contributed by atoms with E-state index in [2.05, 4.69) is 15.5 Å². The minimum absolute atomic E-state index is 0.0261. The van der Waals surface area contributed by atoms with Gasteiger partial charge in [0.1, 0.15) is 0 Å². The van der Waals surface area contributed by atoms with Crippen molar-refractivity contribution in [3.63, 3.8) is 0 Å². The standard InChI is InChI=1S/C17H24ClN3O/c1-12(17(22)20-13-6-7-13)21-10-8-14(9-11-21)19-16-5-3-2-4-15(16)18/h2-5,12-14,19H,6-11H2,1H3,(H,20,22)/t12-/m1/s1. The number of rotatable bonds is 5. The fraction of sp³-hybridized carbons (Fsp3) is 0.588. The molecule has 4 nitrogen and oxygen atoms in total. The molecule has 22 heavy (non-hydrogen) atoms. The Bertz CT molecular complexity index is 524. The van der Waals surface area contributed by atoms with Gasteiger partial charge in [-0.2, -0.15) is 0 Å². The van der Waals surface area contributed by atoms with Gasteiger partial charge in [-0.1, -0.05) is 23.7 Å². The second kappa shape index (κ2) is 6.88. The van der Waals surface area contributed by atoms with Gasteiger partial charge in [0.2, 0.25) is 5.91 Å². The van der Waals surface area contributed by atoms with E-state index in [-0.39, 0.29) is 11.9 Å². The zero-order valence-electron chi connectivity index (χ0n) is 13.0. The number of hydrogen-bond acceptors (Lipinski definition) is 3. The molecule has 1 aromatic rings. The maximum absolute atomic E-state index is 12.1. The summed E-state index contributed by atoms with van der Waals surface area (Å²) in [7, 11) is 0. The lowest BCUT2D eigenvalue weighted by Gasteiger charge is -2.36. The van der Waals surface area contributed by atoms with Crippen molar-refractivity contribution in [3.8, 4) is 0 Å². The average Bonchev–Trinajstić information content (AvgIpc) is 3.33. The van der Waals surface area contributed by atoms with Gasteiger partial charge in [0.15, 0.2) is 0 Å². The summed E-state index contributed by atoms with van der Waals surface area (Å²) in [6, 6.07) is 8.69. The molecule has 5 heteroatoms. The number of halogens is 1. The van der Waals surface area contributed by atoms with Crippen LogP contribution in [0.15, 0.2) is 24.3 Å². The Morgan fingerprint density at radius 1 is 1.18 bits per heavy atom. The summed E-state index contributed by atoms with van der Waals surface area (Å²) in [5.41, 5.74) is 1.00. The molecule has 1 atom stereocenters. The number of carbonyl (C=O) groups is 1. The maximum Gasteiger partial charge on any atom is 0.237 e. The summed E-state index contributed by atoms with van der Waals surface area (Å²) in [6.45, 7) is 3.91. The molecule has 1 aliphatic carbocycles. The first-order chi connectivity index (χ1) is 10.6. The lowest BCUT2D eigenvalue weighted by molar-refractivity contribution is -0.126. The predicted octanol–water partition coefficient (Wildman–Crippen LogP) is 2.88. The molecule has 1 aromatic carbocycles. The van der Waals surface area contributed by atoms with Gasteiger partial charge in [0.05, 0.1) is 16.8 Å². The first-order valence-corrected chi connectivity index (χ1v) is 8.57. The molecule has 1 saturated heterocycles. The van der Waals surface area contributed by atoms with Gasteiger partial charge in [0, 0.05) is 25.2 Å². The highest BCUT2D eigenvalue weighted by Crippen LogP contribution is 2.25. The van der Waals surface area contributed by atoms with E-state index in [1.807, 2.05) is 31.2 Å². The van der Waals surface area contributed by atoms with Crippen LogP contribution in [0, 0.1) is 0 Å². The third kappa shape index (κ3) is 3.93. The van der Waals surface area contributed by atoms with Crippen molar-refractivity contribution in [2.24, 2.45) is 0 Å². The van der Waals surface area contributed by atoms with E-state index in [9.17, 15) is 4.79 Å². The van der Waals surface area contributed by atoms with Crippen LogP contribution < -0.4 is 10.6 Å². The Hall–Kier alpha value is -1.26. The van der Waals surface area contributed by atoms with Crippen molar-refractivity contribution in [1.29, 1.82) is 0 Å². The van der Waals surface area contributed by atoms with Crippen molar-refractivity contribution in [2.75, 3.05) is 18.4 Å². The summed E-state index contributed by atoms with van der Waals surface area (Å²) in [6.07, 6.45) is 4.35. The molecule has 2 aliphatic rings. The summed E-state index contributed by atoms with van der Waals surface area (Å²) in [4.78, 5) is 14.4. The molecule has 0 aromatic heterocycles. The SMILES string of the molecule is C[C@H](C(=O)NC1CC1)N1CCC(Nc2ccccc2Cl)CC1. The topological polar surface area (TPSA) is 44.4 Å². The summed E-state index contributed by atoms with van der Waals surface area (Å²) < 4.78 is 0. The highest BCUT2D eigenvalue weighted by atomic mass is 35.5. The fourth-order valence-corrected chi connectivity index (χ4v) is 3.13. The van der Waals surface area contributed by atoms with Crippen LogP contribution in [-0.4, -0.2) is 42.0 Å².